The zero-order valence-corrected chi connectivity index (χ0v) is 14.2. The number of nitrogens with zero attached hydrogens (tertiary/aromatic N) is 1. The lowest BCUT2D eigenvalue weighted by Crippen LogP contribution is -2.48. The van der Waals surface area contributed by atoms with Crippen molar-refractivity contribution in [1.29, 1.82) is 0 Å². The maximum Gasteiger partial charge on any atom is 0.255 e. The highest BCUT2D eigenvalue weighted by molar-refractivity contribution is 5.99. The fourth-order valence-corrected chi connectivity index (χ4v) is 2.92. The summed E-state index contributed by atoms with van der Waals surface area (Å²) in [5.41, 5.74) is 0.456. The minimum atomic E-state index is -0.481. The van der Waals surface area contributed by atoms with Gasteiger partial charge in [-0.1, -0.05) is 26.0 Å². The summed E-state index contributed by atoms with van der Waals surface area (Å²) in [5, 5.41) is 2.91. The van der Waals surface area contributed by atoms with E-state index in [1.54, 1.807) is 18.2 Å². The van der Waals surface area contributed by atoms with Gasteiger partial charge < -0.3 is 15.0 Å². The number of hydrogen-bond acceptors (Lipinski definition) is 3. The fraction of sp³-hybridized carbons (Fsp3) is 0.556. The summed E-state index contributed by atoms with van der Waals surface area (Å²) in [4.78, 5) is 27.1. The molecule has 1 aromatic rings. The highest BCUT2D eigenvalue weighted by atomic mass is 16.5. The van der Waals surface area contributed by atoms with Gasteiger partial charge in [-0.2, -0.15) is 0 Å². The highest BCUT2D eigenvalue weighted by Crippen LogP contribution is 2.19. The monoisotopic (exact) mass is 318 g/mol. The minimum absolute atomic E-state index is 0.0273. The van der Waals surface area contributed by atoms with E-state index in [0.29, 0.717) is 23.7 Å². The molecule has 0 bridgehead atoms. The van der Waals surface area contributed by atoms with Gasteiger partial charge in [-0.15, -0.1) is 0 Å². The van der Waals surface area contributed by atoms with Crippen molar-refractivity contribution in [3.63, 3.8) is 0 Å². The molecule has 2 amide bonds. The first kappa shape index (κ1) is 17.3. The van der Waals surface area contributed by atoms with E-state index in [0.717, 1.165) is 25.9 Å². The van der Waals surface area contributed by atoms with E-state index in [-0.39, 0.29) is 11.8 Å². The Morgan fingerprint density at radius 1 is 1.22 bits per heavy atom. The van der Waals surface area contributed by atoms with E-state index >= 15 is 0 Å². The van der Waals surface area contributed by atoms with Crippen LogP contribution in [0.5, 0.6) is 5.75 Å². The van der Waals surface area contributed by atoms with E-state index in [9.17, 15) is 9.59 Å². The molecule has 1 aromatic carbocycles. The van der Waals surface area contributed by atoms with Crippen molar-refractivity contribution in [3.8, 4) is 5.75 Å². The number of methoxy groups -OCH3 is 1. The van der Waals surface area contributed by atoms with Gasteiger partial charge in [0.1, 0.15) is 11.8 Å². The first-order chi connectivity index (χ1) is 11.0. The molecule has 1 atom stereocenters. The Labute approximate surface area is 138 Å². The molecule has 1 fully saturated rings. The minimum Gasteiger partial charge on any atom is -0.496 e. The van der Waals surface area contributed by atoms with Crippen molar-refractivity contribution < 1.29 is 14.3 Å². The van der Waals surface area contributed by atoms with Gasteiger partial charge in [0.05, 0.1) is 12.7 Å². The second-order valence-electron chi connectivity index (χ2n) is 6.39. The molecule has 0 spiro atoms. The molecule has 1 N–H and O–H groups in total. The molecule has 1 saturated heterocycles. The Balaban J connectivity index is 2.13. The molecule has 0 aromatic heterocycles. The van der Waals surface area contributed by atoms with Crippen LogP contribution >= 0.6 is 0 Å². The van der Waals surface area contributed by atoms with Gasteiger partial charge >= 0.3 is 0 Å². The standard InChI is InChI=1S/C18H26N2O3/c1-13(2)12-15(18(22)20-10-6-7-11-20)19-17(21)14-8-4-5-9-16(14)23-3/h4-5,8-9,13,15H,6-7,10-12H2,1-3H3,(H,19,21)/t15-/m0/s1. The fourth-order valence-electron chi connectivity index (χ4n) is 2.92. The van der Waals surface area contributed by atoms with Crippen LogP contribution in [0.4, 0.5) is 0 Å². The molecule has 2 rings (SSSR count). The normalized spacial score (nSPS) is 15.6. The van der Waals surface area contributed by atoms with Gasteiger partial charge in [-0.3, -0.25) is 9.59 Å². The number of nitrogens with one attached hydrogen (secondary N) is 1. The first-order valence-electron chi connectivity index (χ1n) is 8.25. The van der Waals surface area contributed by atoms with Gasteiger partial charge in [-0.25, -0.2) is 0 Å². The molecule has 1 aliphatic rings. The van der Waals surface area contributed by atoms with Crippen molar-refractivity contribution >= 4 is 11.8 Å². The van der Waals surface area contributed by atoms with Crippen LogP contribution in [0.1, 0.15) is 43.5 Å². The van der Waals surface area contributed by atoms with E-state index in [1.807, 2.05) is 11.0 Å². The maximum atomic E-state index is 12.7. The summed E-state index contributed by atoms with van der Waals surface area (Å²) in [6.45, 7) is 5.69. The second-order valence-corrected chi connectivity index (χ2v) is 6.39. The van der Waals surface area contributed by atoms with Crippen molar-refractivity contribution in [2.75, 3.05) is 20.2 Å². The summed E-state index contributed by atoms with van der Waals surface area (Å²) < 4.78 is 5.23. The van der Waals surface area contributed by atoms with Crippen LogP contribution in [0.25, 0.3) is 0 Å². The SMILES string of the molecule is COc1ccccc1C(=O)N[C@@H](CC(C)C)C(=O)N1CCCC1. The quantitative estimate of drug-likeness (QED) is 0.876. The number of amides is 2. The van der Waals surface area contributed by atoms with Gasteiger partial charge in [0.25, 0.3) is 5.91 Å². The molecule has 0 unspecified atom stereocenters. The first-order valence-corrected chi connectivity index (χ1v) is 8.25. The van der Waals surface area contributed by atoms with Crippen LogP contribution < -0.4 is 10.1 Å². The Morgan fingerprint density at radius 2 is 1.87 bits per heavy atom. The molecule has 23 heavy (non-hydrogen) atoms. The molecule has 0 saturated carbocycles. The van der Waals surface area contributed by atoms with Crippen LogP contribution in [0.3, 0.4) is 0 Å². The molecule has 5 nitrogen and oxygen atoms in total. The lowest BCUT2D eigenvalue weighted by molar-refractivity contribution is -0.132. The Bertz CT molecular complexity index is 551. The number of rotatable bonds is 6. The zero-order valence-electron chi connectivity index (χ0n) is 14.2. The van der Waals surface area contributed by atoms with E-state index in [1.165, 1.54) is 7.11 Å². The van der Waals surface area contributed by atoms with Crippen molar-refractivity contribution in [1.82, 2.24) is 10.2 Å². The largest absolute Gasteiger partial charge is 0.496 e. The topological polar surface area (TPSA) is 58.6 Å². The highest BCUT2D eigenvalue weighted by Gasteiger charge is 2.29. The molecular formula is C18H26N2O3. The smallest absolute Gasteiger partial charge is 0.255 e. The van der Waals surface area contributed by atoms with Gasteiger partial charge in [-0.05, 0) is 37.3 Å². The number of ether oxygens (including phenoxy) is 1. The van der Waals surface area contributed by atoms with Crippen LogP contribution in [0.15, 0.2) is 24.3 Å². The average Bonchev–Trinajstić information content (AvgIpc) is 3.07. The number of carbonyl (C=O) groups is 2. The zero-order chi connectivity index (χ0) is 16.8. The number of carbonyl (C=O) groups excluding carboxylic acids is 2. The predicted octanol–water partition coefficient (Wildman–Crippen LogP) is 2.46. The summed E-state index contributed by atoms with van der Waals surface area (Å²) in [6.07, 6.45) is 2.72. The number of benzene rings is 1. The number of hydrogen-bond donors (Lipinski definition) is 1. The third kappa shape index (κ3) is 4.47. The van der Waals surface area contributed by atoms with Crippen LogP contribution in [-0.2, 0) is 4.79 Å². The van der Waals surface area contributed by atoms with Crippen molar-refractivity contribution in [2.24, 2.45) is 5.92 Å². The summed E-state index contributed by atoms with van der Waals surface area (Å²) in [5.74, 6) is 0.603. The lowest BCUT2D eigenvalue weighted by atomic mass is 10.0. The maximum absolute atomic E-state index is 12.7. The van der Waals surface area contributed by atoms with Crippen LogP contribution in [0.2, 0.25) is 0 Å². The molecule has 126 valence electrons. The van der Waals surface area contributed by atoms with Gasteiger partial charge in [0.15, 0.2) is 0 Å². The molecule has 5 heteroatoms. The third-order valence-corrected chi connectivity index (χ3v) is 4.08. The van der Waals surface area contributed by atoms with E-state index in [2.05, 4.69) is 19.2 Å². The second kappa shape index (κ2) is 7.99. The van der Waals surface area contributed by atoms with Crippen molar-refractivity contribution in [2.45, 2.75) is 39.2 Å². The van der Waals surface area contributed by atoms with E-state index in [4.69, 9.17) is 4.74 Å². The van der Waals surface area contributed by atoms with Crippen molar-refractivity contribution in [3.05, 3.63) is 29.8 Å². The molecule has 0 radical (unpaired) electrons. The number of likely N-dealkylation sites (tertiary alicyclic amines) is 1. The number of para-hydroxylation sites is 1. The Hall–Kier alpha value is -2.04. The molecule has 1 heterocycles. The molecule has 1 aliphatic heterocycles. The van der Waals surface area contributed by atoms with Gasteiger partial charge in [0.2, 0.25) is 5.91 Å². The third-order valence-electron chi connectivity index (χ3n) is 4.08. The summed E-state index contributed by atoms with van der Waals surface area (Å²) >= 11 is 0. The van der Waals surface area contributed by atoms with Crippen LogP contribution in [0, 0.1) is 5.92 Å². The van der Waals surface area contributed by atoms with Crippen LogP contribution in [-0.4, -0.2) is 43.0 Å². The Kier molecular flexibility index (Phi) is 6.02. The Morgan fingerprint density at radius 3 is 2.48 bits per heavy atom. The van der Waals surface area contributed by atoms with Gasteiger partial charge in [0, 0.05) is 13.1 Å². The predicted molar refractivity (Wildman–Crippen MR) is 89.5 cm³/mol. The average molecular weight is 318 g/mol. The van der Waals surface area contributed by atoms with E-state index < -0.39 is 6.04 Å². The summed E-state index contributed by atoms with van der Waals surface area (Å²) in [7, 11) is 1.53. The molecular weight excluding hydrogens is 292 g/mol. The molecule has 0 aliphatic carbocycles. The lowest BCUT2D eigenvalue weighted by Gasteiger charge is -2.25. The summed E-state index contributed by atoms with van der Waals surface area (Å²) in [6, 6.07) is 6.58.